The summed E-state index contributed by atoms with van der Waals surface area (Å²) in [5.74, 6) is -0.526. The maximum absolute atomic E-state index is 10.5. The van der Waals surface area contributed by atoms with Gasteiger partial charge < -0.3 is 9.84 Å². The molecule has 0 fully saturated rings. The second kappa shape index (κ2) is 5.88. The first-order valence-electron chi connectivity index (χ1n) is 3.55. The van der Waals surface area contributed by atoms with E-state index in [4.69, 9.17) is 5.11 Å². The summed E-state index contributed by atoms with van der Waals surface area (Å²) in [6.07, 6.45) is -1.01. The van der Waals surface area contributed by atoms with Crippen LogP contribution in [0.1, 0.15) is 13.8 Å². The summed E-state index contributed by atoms with van der Waals surface area (Å²) in [6.45, 7) is 3.11. The van der Waals surface area contributed by atoms with Gasteiger partial charge in [-0.05, 0) is 5.75 Å². The second-order valence-electron chi connectivity index (χ2n) is 2.10. The van der Waals surface area contributed by atoms with E-state index in [1.807, 2.05) is 6.92 Å². The molecule has 70 valence electrons. The molecule has 0 aromatic rings. The average Bonchev–Trinajstić information content (AvgIpc) is 1.96. The van der Waals surface area contributed by atoms with E-state index in [-0.39, 0.29) is 0 Å². The van der Waals surface area contributed by atoms with Crippen LogP contribution in [0, 0.1) is 0 Å². The Labute approximate surface area is 75.3 Å². The highest BCUT2D eigenvalue weighted by Crippen LogP contribution is 2.05. The summed E-state index contributed by atoms with van der Waals surface area (Å²) >= 11 is 1.43. The Morgan fingerprint density at radius 3 is 2.50 bits per heavy atom. The molecule has 0 saturated heterocycles. The molecule has 0 aliphatic carbocycles. The van der Waals surface area contributed by atoms with Gasteiger partial charge in [-0.1, -0.05) is 6.92 Å². The number of carboxylic acids is 1. The summed E-state index contributed by atoms with van der Waals surface area (Å²) in [5.41, 5.74) is 0. The van der Waals surface area contributed by atoms with Crippen molar-refractivity contribution in [2.45, 2.75) is 20.0 Å². The number of aliphatic carboxylic acids is 1. The number of rotatable bonds is 5. The Bertz CT molecular complexity index is 169. The molecule has 1 N–H and O–H groups in total. The number of carbonyl (C=O) groups excluding carboxylic acids is 1. The fourth-order valence-corrected chi connectivity index (χ4v) is 1.24. The smallest absolute Gasteiger partial charge is 0.345 e. The van der Waals surface area contributed by atoms with E-state index in [9.17, 15) is 9.59 Å². The van der Waals surface area contributed by atoms with Crippen LogP contribution < -0.4 is 0 Å². The van der Waals surface area contributed by atoms with E-state index in [2.05, 4.69) is 4.74 Å². The quantitative estimate of drug-likeness (QED) is 0.651. The molecule has 12 heavy (non-hydrogen) atoms. The third-order valence-electron chi connectivity index (χ3n) is 1.06. The Balaban J connectivity index is 3.87. The van der Waals surface area contributed by atoms with Gasteiger partial charge in [0.1, 0.15) is 0 Å². The molecule has 0 spiro atoms. The molecular formula is C7H12O4S. The number of thioether (sulfide) groups is 1. The van der Waals surface area contributed by atoms with Crippen molar-refractivity contribution in [2.75, 3.05) is 11.5 Å². The van der Waals surface area contributed by atoms with Crippen LogP contribution in [-0.2, 0) is 14.3 Å². The molecular weight excluding hydrogens is 180 g/mol. The average molecular weight is 192 g/mol. The summed E-state index contributed by atoms with van der Waals surface area (Å²) < 4.78 is 4.55. The molecule has 4 nitrogen and oxygen atoms in total. The van der Waals surface area contributed by atoms with Gasteiger partial charge in [0, 0.05) is 12.7 Å². The fourth-order valence-electron chi connectivity index (χ4n) is 0.581. The molecule has 0 amide bonds. The van der Waals surface area contributed by atoms with Crippen molar-refractivity contribution in [3.8, 4) is 0 Å². The van der Waals surface area contributed by atoms with E-state index in [0.29, 0.717) is 5.75 Å². The molecule has 0 aromatic carbocycles. The van der Waals surface area contributed by atoms with E-state index < -0.39 is 18.0 Å². The third kappa shape index (κ3) is 5.01. The molecule has 0 heterocycles. The van der Waals surface area contributed by atoms with Crippen LogP contribution in [0.3, 0.4) is 0 Å². The molecule has 1 unspecified atom stereocenters. The monoisotopic (exact) mass is 192 g/mol. The van der Waals surface area contributed by atoms with Gasteiger partial charge >= 0.3 is 11.9 Å². The van der Waals surface area contributed by atoms with Crippen molar-refractivity contribution in [1.82, 2.24) is 0 Å². The number of hydrogen-bond donors (Lipinski definition) is 1. The molecule has 0 saturated carbocycles. The first kappa shape index (κ1) is 11.3. The largest absolute Gasteiger partial charge is 0.478 e. The van der Waals surface area contributed by atoms with Crippen LogP contribution >= 0.6 is 11.8 Å². The van der Waals surface area contributed by atoms with E-state index in [1.54, 1.807) is 0 Å². The van der Waals surface area contributed by atoms with Crippen LogP contribution in [0.2, 0.25) is 0 Å². The molecule has 5 heteroatoms. The van der Waals surface area contributed by atoms with Crippen molar-refractivity contribution >= 4 is 23.7 Å². The second-order valence-corrected chi connectivity index (χ2v) is 3.41. The molecule has 0 aliphatic rings. The molecule has 0 aromatic heterocycles. The van der Waals surface area contributed by atoms with Gasteiger partial charge in [0.15, 0.2) is 0 Å². The standard InChI is InChI=1S/C7H12O4S/c1-3-12-4-6(7(9)10)11-5(2)8/h6H,3-4H2,1-2H3,(H,9,10). The van der Waals surface area contributed by atoms with Crippen LogP contribution in [0.5, 0.6) is 0 Å². The molecule has 0 aliphatic heterocycles. The maximum atomic E-state index is 10.5. The minimum absolute atomic E-state index is 0.311. The predicted octanol–water partition coefficient (Wildman–Crippen LogP) is 0.756. The van der Waals surface area contributed by atoms with Crippen LogP contribution in [0.4, 0.5) is 0 Å². The highest BCUT2D eigenvalue weighted by molar-refractivity contribution is 7.99. The zero-order chi connectivity index (χ0) is 9.56. The van der Waals surface area contributed by atoms with Gasteiger partial charge in [0.25, 0.3) is 0 Å². The SMILES string of the molecule is CCSCC(OC(C)=O)C(=O)O. The fraction of sp³-hybridized carbons (Fsp3) is 0.714. The minimum atomic E-state index is -1.09. The first-order chi connectivity index (χ1) is 5.57. The normalized spacial score (nSPS) is 12.2. The number of carbonyl (C=O) groups is 2. The third-order valence-corrected chi connectivity index (χ3v) is 2.00. The molecule has 1 atom stereocenters. The number of esters is 1. The van der Waals surface area contributed by atoms with Gasteiger partial charge in [-0.2, -0.15) is 11.8 Å². The van der Waals surface area contributed by atoms with Crippen molar-refractivity contribution in [3.63, 3.8) is 0 Å². The maximum Gasteiger partial charge on any atom is 0.345 e. The van der Waals surface area contributed by atoms with E-state index in [1.165, 1.54) is 18.7 Å². The van der Waals surface area contributed by atoms with Gasteiger partial charge in [-0.15, -0.1) is 0 Å². The molecule has 0 rings (SSSR count). The van der Waals surface area contributed by atoms with E-state index >= 15 is 0 Å². The highest BCUT2D eigenvalue weighted by Gasteiger charge is 2.19. The lowest BCUT2D eigenvalue weighted by Crippen LogP contribution is -2.28. The molecule has 0 bridgehead atoms. The Morgan fingerprint density at radius 2 is 2.17 bits per heavy atom. The summed E-state index contributed by atoms with van der Waals surface area (Å²) in [6, 6.07) is 0. The van der Waals surface area contributed by atoms with Gasteiger partial charge in [0.2, 0.25) is 6.10 Å². The summed E-state index contributed by atoms with van der Waals surface area (Å²) in [5, 5.41) is 8.56. The number of hydrogen-bond acceptors (Lipinski definition) is 4. The van der Waals surface area contributed by atoms with Gasteiger partial charge in [0.05, 0.1) is 0 Å². The van der Waals surface area contributed by atoms with Gasteiger partial charge in [-0.3, -0.25) is 4.79 Å². The van der Waals surface area contributed by atoms with Crippen molar-refractivity contribution in [3.05, 3.63) is 0 Å². The van der Waals surface area contributed by atoms with E-state index in [0.717, 1.165) is 5.75 Å². The van der Waals surface area contributed by atoms with Crippen molar-refractivity contribution < 1.29 is 19.4 Å². The number of carboxylic acid groups (broad SMARTS) is 1. The minimum Gasteiger partial charge on any atom is -0.478 e. The Hall–Kier alpha value is -0.710. The van der Waals surface area contributed by atoms with Crippen LogP contribution in [0.15, 0.2) is 0 Å². The Morgan fingerprint density at radius 1 is 1.58 bits per heavy atom. The number of ether oxygens (including phenoxy) is 1. The summed E-state index contributed by atoms with van der Waals surface area (Å²) in [4.78, 5) is 20.9. The topological polar surface area (TPSA) is 63.6 Å². The predicted molar refractivity (Wildman–Crippen MR) is 46.2 cm³/mol. The lowest BCUT2D eigenvalue weighted by Gasteiger charge is -2.10. The zero-order valence-corrected chi connectivity index (χ0v) is 7.89. The first-order valence-corrected chi connectivity index (χ1v) is 4.71. The highest BCUT2D eigenvalue weighted by atomic mass is 32.2. The Kier molecular flexibility index (Phi) is 5.53. The lowest BCUT2D eigenvalue weighted by atomic mass is 10.4. The van der Waals surface area contributed by atoms with Crippen molar-refractivity contribution in [1.29, 1.82) is 0 Å². The summed E-state index contributed by atoms with van der Waals surface area (Å²) in [7, 11) is 0. The van der Waals surface area contributed by atoms with Gasteiger partial charge in [-0.25, -0.2) is 4.79 Å². The van der Waals surface area contributed by atoms with Crippen molar-refractivity contribution in [2.24, 2.45) is 0 Å². The van der Waals surface area contributed by atoms with Crippen LogP contribution in [-0.4, -0.2) is 34.7 Å². The van der Waals surface area contributed by atoms with Crippen LogP contribution in [0.25, 0.3) is 0 Å². The zero-order valence-electron chi connectivity index (χ0n) is 7.07. The lowest BCUT2D eigenvalue weighted by molar-refractivity contribution is -0.160. The molecule has 0 radical (unpaired) electrons.